The molecule has 3 heterocycles. The lowest BCUT2D eigenvalue weighted by Crippen LogP contribution is -1.97. The predicted octanol–water partition coefficient (Wildman–Crippen LogP) is 11.5. The Balaban J connectivity index is 1.23. The molecule has 0 aliphatic heterocycles. The van der Waals surface area contributed by atoms with E-state index in [0.717, 1.165) is 49.7 Å². The average molecular weight is 606 g/mol. The number of hydrogen-bond donors (Lipinski definition) is 0. The minimum atomic E-state index is 0.947. The van der Waals surface area contributed by atoms with Gasteiger partial charge in [-0.05, 0) is 70.8 Å². The predicted molar refractivity (Wildman–Crippen MR) is 193 cm³/mol. The van der Waals surface area contributed by atoms with Crippen molar-refractivity contribution < 1.29 is 0 Å². The maximum absolute atomic E-state index is 4.97. The molecule has 0 aliphatic carbocycles. The monoisotopic (exact) mass is 605 g/mol. The van der Waals surface area contributed by atoms with Gasteiger partial charge >= 0.3 is 0 Å². The van der Waals surface area contributed by atoms with Crippen LogP contribution in [-0.2, 0) is 0 Å². The number of benzene rings is 6. The molecular weight excluding hydrogens is 579 g/mol. The van der Waals surface area contributed by atoms with E-state index in [9.17, 15) is 0 Å². The van der Waals surface area contributed by atoms with Crippen molar-refractivity contribution in [3.63, 3.8) is 0 Å². The van der Waals surface area contributed by atoms with E-state index in [2.05, 4.69) is 150 Å². The topological polar surface area (TPSA) is 30.7 Å². The van der Waals surface area contributed by atoms with Crippen molar-refractivity contribution in [3.05, 3.63) is 164 Å². The summed E-state index contributed by atoms with van der Waals surface area (Å²) in [5.41, 5.74) is 12.4. The van der Waals surface area contributed by atoms with Gasteiger partial charge in [0.15, 0.2) is 0 Å². The Kier molecular flexibility index (Phi) is 6.32. The molecule has 9 rings (SSSR count). The molecule has 216 valence electrons. The second-order valence-corrected chi connectivity index (χ2v) is 12.5. The molecule has 0 unspecified atom stereocenters. The maximum atomic E-state index is 4.97. The van der Waals surface area contributed by atoms with Crippen LogP contribution in [0.2, 0.25) is 0 Å². The molecule has 3 nitrogen and oxygen atoms in total. The highest BCUT2D eigenvalue weighted by molar-refractivity contribution is 7.21. The first-order valence-electron chi connectivity index (χ1n) is 15.4. The molecule has 3 aromatic heterocycles. The molecular formula is C42H27N3S. The van der Waals surface area contributed by atoms with Crippen LogP contribution in [0.15, 0.2) is 164 Å². The number of thiazole rings is 1. The van der Waals surface area contributed by atoms with Gasteiger partial charge in [-0.15, -0.1) is 11.3 Å². The minimum Gasteiger partial charge on any atom is -0.309 e. The summed E-state index contributed by atoms with van der Waals surface area (Å²) in [6, 6.07) is 56.0. The fourth-order valence-corrected chi connectivity index (χ4v) is 7.47. The Morgan fingerprint density at radius 3 is 2.04 bits per heavy atom. The zero-order valence-corrected chi connectivity index (χ0v) is 25.7. The van der Waals surface area contributed by atoms with E-state index in [1.54, 1.807) is 11.3 Å². The van der Waals surface area contributed by atoms with Crippen LogP contribution < -0.4 is 0 Å². The van der Waals surface area contributed by atoms with Crippen LogP contribution in [0.4, 0.5) is 0 Å². The van der Waals surface area contributed by atoms with Crippen molar-refractivity contribution in [1.82, 2.24) is 14.5 Å². The SMILES string of the molecule is c1ccc(-c2ccc(-c3ccc(-n4c5ccccc5c5ccc(-c6nc7ccccc7s6)cc54)cc3-c3ccccn3)cc2)cc1. The third-order valence-corrected chi connectivity index (χ3v) is 9.81. The molecule has 0 radical (unpaired) electrons. The summed E-state index contributed by atoms with van der Waals surface area (Å²) in [5, 5.41) is 3.48. The molecule has 0 saturated heterocycles. The summed E-state index contributed by atoms with van der Waals surface area (Å²) in [7, 11) is 0. The lowest BCUT2D eigenvalue weighted by atomic mass is 9.94. The minimum absolute atomic E-state index is 0.947. The van der Waals surface area contributed by atoms with Gasteiger partial charge in [0.05, 0.1) is 26.9 Å². The molecule has 9 aromatic rings. The van der Waals surface area contributed by atoms with Gasteiger partial charge in [0, 0.05) is 33.8 Å². The molecule has 0 spiro atoms. The lowest BCUT2D eigenvalue weighted by molar-refractivity contribution is 1.18. The Hall–Kier alpha value is -5.84. The van der Waals surface area contributed by atoms with Crippen LogP contribution in [0.5, 0.6) is 0 Å². The molecule has 46 heavy (non-hydrogen) atoms. The third-order valence-electron chi connectivity index (χ3n) is 8.72. The maximum Gasteiger partial charge on any atom is 0.124 e. The quantitative estimate of drug-likeness (QED) is 0.195. The van der Waals surface area contributed by atoms with Crippen molar-refractivity contribution in [1.29, 1.82) is 0 Å². The van der Waals surface area contributed by atoms with Gasteiger partial charge in [-0.25, -0.2) is 4.98 Å². The van der Waals surface area contributed by atoms with Gasteiger partial charge < -0.3 is 4.57 Å². The molecule has 0 aliphatic rings. The van der Waals surface area contributed by atoms with E-state index >= 15 is 0 Å². The summed E-state index contributed by atoms with van der Waals surface area (Å²) < 4.78 is 3.58. The van der Waals surface area contributed by atoms with Crippen LogP contribution in [0.25, 0.3) is 81.8 Å². The second kappa shape index (κ2) is 11.0. The van der Waals surface area contributed by atoms with Crippen molar-refractivity contribution in [2.24, 2.45) is 0 Å². The molecule has 0 fully saturated rings. The van der Waals surface area contributed by atoms with Gasteiger partial charge in [-0.2, -0.15) is 0 Å². The van der Waals surface area contributed by atoms with Gasteiger partial charge in [0.2, 0.25) is 0 Å². The number of pyridine rings is 1. The Morgan fingerprint density at radius 1 is 0.478 bits per heavy atom. The Morgan fingerprint density at radius 2 is 1.20 bits per heavy atom. The molecule has 0 atom stereocenters. The van der Waals surface area contributed by atoms with Crippen molar-refractivity contribution in [3.8, 4) is 49.8 Å². The second-order valence-electron chi connectivity index (χ2n) is 11.5. The molecule has 6 aromatic carbocycles. The van der Waals surface area contributed by atoms with Crippen LogP contribution in [0.1, 0.15) is 0 Å². The fourth-order valence-electron chi connectivity index (χ4n) is 6.51. The van der Waals surface area contributed by atoms with Crippen LogP contribution >= 0.6 is 11.3 Å². The highest BCUT2D eigenvalue weighted by Crippen LogP contribution is 2.39. The third kappa shape index (κ3) is 4.50. The Bertz CT molecular complexity index is 2480. The zero-order chi connectivity index (χ0) is 30.5. The standard InChI is InChI=1S/C42H27N3S/c1-2-10-28(11-3-1)29-17-19-30(20-18-29)33-24-22-32(27-36(33)37-13-8-9-25-43-37)45-39-15-6-4-12-34(39)35-23-21-31(26-40(35)45)42-44-38-14-5-7-16-41(38)46-42/h1-27H. The van der Waals surface area contributed by atoms with Crippen molar-refractivity contribution in [2.75, 3.05) is 0 Å². The zero-order valence-electron chi connectivity index (χ0n) is 24.8. The van der Waals surface area contributed by atoms with Crippen molar-refractivity contribution in [2.45, 2.75) is 0 Å². The number of para-hydroxylation sites is 2. The van der Waals surface area contributed by atoms with E-state index in [0.29, 0.717) is 0 Å². The molecule has 0 bridgehead atoms. The molecule has 0 saturated carbocycles. The van der Waals surface area contributed by atoms with Gasteiger partial charge in [0.25, 0.3) is 0 Å². The number of aromatic nitrogens is 3. The number of hydrogen-bond acceptors (Lipinski definition) is 3. The lowest BCUT2D eigenvalue weighted by Gasteiger charge is -2.15. The van der Waals surface area contributed by atoms with Crippen LogP contribution in [-0.4, -0.2) is 14.5 Å². The highest BCUT2D eigenvalue weighted by Gasteiger charge is 2.17. The first-order valence-corrected chi connectivity index (χ1v) is 16.2. The summed E-state index contributed by atoms with van der Waals surface area (Å²) >= 11 is 1.74. The van der Waals surface area contributed by atoms with Crippen molar-refractivity contribution >= 4 is 43.4 Å². The molecule has 4 heteroatoms. The Labute approximate surface area is 270 Å². The van der Waals surface area contributed by atoms with Gasteiger partial charge in [-0.1, -0.05) is 109 Å². The molecule has 0 N–H and O–H groups in total. The summed E-state index contributed by atoms with van der Waals surface area (Å²) in [5.74, 6) is 0. The van der Waals surface area contributed by atoms with E-state index < -0.39 is 0 Å². The number of rotatable bonds is 5. The largest absolute Gasteiger partial charge is 0.309 e. The average Bonchev–Trinajstić information content (AvgIpc) is 3.72. The summed E-state index contributed by atoms with van der Waals surface area (Å²) in [6.07, 6.45) is 1.87. The summed E-state index contributed by atoms with van der Waals surface area (Å²) in [4.78, 5) is 9.78. The van der Waals surface area contributed by atoms with Gasteiger partial charge in [-0.3, -0.25) is 4.98 Å². The first kappa shape index (κ1) is 26.6. The normalized spacial score (nSPS) is 11.5. The molecule has 0 amide bonds. The first-order chi connectivity index (χ1) is 22.8. The van der Waals surface area contributed by atoms with E-state index in [1.165, 1.54) is 32.1 Å². The van der Waals surface area contributed by atoms with Crippen LogP contribution in [0, 0.1) is 0 Å². The number of nitrogens with zero attached hydrogens (tertiary/aromatic N) is 3. The number of fused-ring (bicyclic) bond motifs is 4. The van der Waals surface area contributed by atoms with E-state index in [4.69, 9.17) is 9.97 Å². The van der Waals surface area contributed by atoms with E-state index in [1.807, 2.05) is 18.3 Å². The fraction of sp³-hybridized carbons (Fsp3) is 0. The summed E-state index contributed by atoms with van der Waals surface area (Å²) in [6.45, 7) is 0. The smallest absolute Gasteiger partial charge is 0.124 e. The van der Waals surface area contributed by atoms with Gasteiger partial charge in [0.1, 0.15) is 5.01 Å². The van der Waals surface area contributed by atoms with E-state index in [-0.39, 0.29) is 0 Å². The highest BCUT2D eigenvalue weighted by atomic mass is 32.1. The van der Waals surface area contributed by atoms with Crippen LogP contribution in [0.3, 0.4) is 0 Å².